The van der Waals surface area contributed by atoms with Crippen LogP contribution in [0.15, 0.2) is 24.5 Å². The van der Waals surface area contributed by atoms with Gasteiger partial charge in [0.1, 0.15) is 17.2 Å². The minimum absolute atomic E-state index is 0.135. The number of ether oxygens (including phenoxy) is 1. The Labute approximate surface area is 150 Å². The summed E-state index contributed by atoms with van der Waals surface area (Å²) >= 11 is 6.57. The number of aromatic nitrogens is 4. The highest BCUT2D eigenvalue weighted by atomic mass is 35.5. The zero-order valence-electron chi connectivity index (χ0n) is 13.9. The number of pyridine rings is 1. The van der Waals surface area contributed by atoms with E-state index in [4.69, 9.17) is 22.1 Å². The highest BCUT2D eigenvalue weighted by Crippen LogP contribution is 2.36. The normalized spacial score (nSPS) is 17.4. The molecule has 1 fully saturated rings. The number of aryl methyl sites for hydroxylation is 1. The summed E-state index contributed by atoms with van der Waals surface area (Å²) < 4.78 is 5.79. The van der Waals surface area contributed by atoms with Gasteiger partial charge in [0.05, 0.1) is 16.6 Å². The zero-order chi connectivity index (χ0) is 17.4. The molecule has 0 bridgehead atoms. The summed E-state index contributed by atoms with van der Waals surface area (Å²) in [6.45, 7) is 3.62. The number of nitrogens with one attached hydrogen (secondary N) is 1. The SMILES string of the molecule is CCc1[nH]c2nc(Oc3cccnc3)nc(N3CCC(N)C3)c2c1Cl. The summed E-state index contributed by atoms with van der Waals surface area (Å²) in [6, 6.07) is 4.01. The van der Waals surface area contributed by atoms with Gasteiger partial charge >= 0.3 is 6.01 Å². The number of hydrogen-bond acceptors (Lipinski definition) is 6. The van der Waals surface area contributed by atoms with Gasteiger partial charge in [-0.15, -0.1) is 0 Å². The fraction of sp³-hybridized carbons (Fsp3) is 0.353. The van der Waals surface area contributed by atoms with Crippen molar-refractivity contribution in [3.05, 3.63) is 35.2 Å². The van der Waals surface area contributed by atoms with Gasteiger partial charge in [-0.05, 0) is 25.0 Å². The highest BCUT2D eigenvalue weighted by Gasteiger charge is 2.26. The van der Waals surface area contributed by atoms with Crippen LogP contribution in [0.5, 0.6) is 11.8 Å². The molecule has 3 aromatic rings. The molecule has 3 N–H and O–H groups in total. The van der Waals surface area contributed by atoms with E-state index in [1.807, 2.05) is 13.0 Å². The van der Waals surface area contributed by atoms with Gasteiger partial charge in [0.15, 0.2) is 0 Å². The number of H-pyrrole nitrogens is 1. The molecule has 4 rings (SSSR count). The van der Waals surface area contributed by atoms with E-state index in [1.165, 1.54) is 0 Å². The molecule has 1 saturated heterocycles. The molecule has 0 amide bonds. The number of anilines is 1. The van der Waals surface area contributed by atoms with Gasteiger partial charge in [0.2, 0.25) is 0 Å². The summed E-state index contributed by atoms with van der Waals surface area (Å²) in [5.74, 6) is 1.34. The van der Waals surface area contributed by atoms with Crippen LogP contribution in [0.3, 0.4) is 0 Å². The summed E-state index contributed by atoms with van der Waals surface area (Å²) in [6.07, 6.45) is 5.02. The summed E-state index contributed by atoms with van der Waals surface area (Å²) in [5, 5.41) is 1.49. The van der Waals surface area contributed by atoms with Gasteiger partial charge in [-0.3, -0.25) is 4.98 Å². The van der Waals surface area contributed by atoms with E-state index in [9.17, 15) is 0 Å². The van der Waals surface area contributed by atoms with Crippen molar-refractivity contribution < 1.29 is 4.74 Å². The maximum Gasteiger partial charge on any atom is 0.326 e. The smallest absolute Gasteiger partial charge is 0.326 e. The Morgan fingerprint density at radius 1 is 1.44 bits per heavy atom. The Hall–Kier alpha value is -2.38. The quantitative estimate of drug-likeness (QED) is 0.744. The third kappa shape index (κ3) is 3.01. The van der Waals surface area contributed by atoms with Crippen molar-refractivity contribution in [1.82, 2.24) is 19.9 Å². The largest absolute Gasteiger partial charge is 0.423 e. The fourth-order valence-corrected chi connectivity index (χ4v) is 3.44. The second kappa shape index (κ2) is 6.50. The zero-order valence-corrected chi connectivity index (χ0v) is 14.6. The molecular formula is C17H19ClN6O. The van der Waals surface area contributed by atoms with Crippen LogP contribution in [0.1, 0.15) is 19.0 Å². The Morgan fingerprint density at radius 3 is 3.00 bits per heavy atom. The molecular weight excluding hydrogens is 340 g/mol. The Kier molecular flexibility index (Phi) is 4.19. The van der Waals surface area contributed by atoms with E-state index >= 15 is 0 Å². The minimum Gasteiger partial charge on any atom is -0.423 e. The summed E-state index contributed by atoms with van der Waals surface area (Å²) in [4.78, 5) is 18.6. The number of nitrogens with zero attached hydrogens (tertiary/aromatic N) is 4. The van der Waals surface area contributed by atoms with E-state index in [0.29, 0.717) is 16.4 Å². The lowest BCUT2D eigenvalue weighted by Crippen LogP contribution is -2.27. The number of hydrogen-bond donors (Lipinski definition) is 2. The number of aromatic amines is 1. The van der Waals surface area contributed by atoms with Crippen LogP contribution < -0.4 is 15.4 Å². The van der Waals surface area contributed by atoms with Crippen LogP contribution in [0, 0.1) is 0 Å². The average Bonchev–Trinajstić information content (AvgIpc) is 3.19. The van der Waals surface area contributed by atoms with Crippen LogP contribution in [-0.4, -0.2) is 39.1 Å². The van der Waals surface area contributed by atoms with Crippen molar-refractivity contribution in [3.63, 3.8) is 0 Å². The van der Waals surface area contributed by atoms with Gasteiger partial charge in [-0.25, -0.2) is 0 Å². The van der Waals surface area contributed by atoms with E-state index in [-0.39, 0.29) is 12.1 Å². The van der Waals surface area contributed by atoms with E-state index in [0.717, 1.165) is 42.8 Å². The van der Waals surface area contributed by atoms with Crippen LogP contribution >= 0.6 is 11.6 Å². The lowest BCUT2D eigenvalue weighted by atomic mass is 10.3. The summed E-state index contributed by atoms with van der Waals surface area (Å²) in [7, 11) is 0. The molecule has 1 aliphatic heterocycles. The van der Waals surface area contributed by atoms with Gasteiger partial charge < -0.3 is 20.4 Å². The minimum atomic E-state index is 0.135. The second-order valence-corrected chi connectivity index (χ2v) is 6.49. The van der Waals surface area contributed by atoms with Gasteiger partial charge in [0, 0.05) is 31.0 Å². The molecule has 1 unspecified atom stereocenters. The fourth-order valence-electron chi connectivity index (χ4n) is 3.08. The van der Waals surface area contributed by atoms with E-state index in [2.05, 4.69) is 24.8 Å². The van der Waals surface area contributed by atoms with Crippen molar-refractivity contribution in [2.75, 3.05) is 18.0 Å². The predicted molar refractivity (Wildman–Crippen MR) is 97.4 cm³/mol. The molecule has 8 heteroatoms. The van der Waals surface area contributed by atoms with Gasteiger partial charge in [0.25, 0.3) is 0 Å². The van der Waals surface area contributed by atoms with Crippen molar-refractivity contribution in [1.29, 1.82) is 0 Å². The highest BCUT2D eigenvalue weighted by molar-refractivity contribution is 6.37. The first-order valence-corrected chi connectivity index (χ1v) is 8.70. The molecule has 25 heavy (non-hydrogen) atoms. The molecule has 7 nitrogen and oxygen atoms in total. The molecule has 4 heterocycles. The second-order valence-electron chi connectivity index (χ2n) is 6.11. The van der Waals surface area contributed by atoms with Crippen LogP contribution in [0.4, 0.5) is 5.82 Å². The predicted octanol–water partition coefficient (Wildman–Crippen LogP) is 2.90. The molecule has 3 aromatic heterocycles. The molecule has 0 spiro atoms. The first-order valence-electron chi connectivity index (χ1n) is 8.32. The molecule has 1 atom stereocenters. The van der Waals surface area contributed by atoms with E-state index in [1.54, 1.807) is 18.5 Å². The van der Waals surface area contributed by atoms with Gasteiger partial charge in [-0.1, -0.05) is 18.5 Å². The molecule has 1 aliphatic rings. The molecule has 0 aliphatic carbocycles. The Bertz CT molecular complexity index is 897. The number of fused-ring (bicyclic) bond motifs is 1. The first kappa shape index (κ1) is 16.1. The Morgan fingerprint density at radius 2 is 2.32 bits per heavy atom. The van der Waals surface area contributed by atoms with Crippen LogP contribution in [0.25, 0.3) is 11.0 Å². The summed E-state index contributed by atoms with van der Waals surface area (Å²) in [5.41, 5.74) is 7.68. The lowest BCUT2D eigenvalue weighted by molar-refractivity contribution is 0.442. The van der Waals surface area contributed by atoms with Crippen molar-refractivity contribution >= 4 is 28.5 Å². The monoisotopic (exact) mass is 358 g/mol. The van der Waals surface area contributed by atoms with Crippen molar-refractivity contribution in [3.8, 4) is 11.8 Å². The molecule has 0 radical (unpaired) electrons. The Balaban J connectivity index is 1.82. The average molecular weight is 359 g/mol. The van der Waals surface area contributed by atoms with Crippen molar-refractivity contribution in [2.24, 2.45) is 5.73 Å². The molecule has 0 saturated carbocycles. The molecule has 0 aromatic carbocycles. The van der Waals surface area contributed by atoms with Gasteiger partial charge in [-0.2, -0.15) is 9.97 Å². The topological polar surface area (TPSA) is 92.9 Å². The number of nitrogens with two attached hydrogens (primary N) is 1. The standard InChI is InChI=1S/C17H19ClN6O/c1-2-12-14(18)13-15(21-12)22-17(25-11-4-3-6-20-8-11)23-16(13)24-7-5-10(19)9-24/h3-4,6,8,10H,2,5,7,9,19H2,1H3,(H,21,22,23). The maximum absolute atomic E-state index is 6.57. The maximum atomic E-state index is 6.57. The number of halogens is 1. The lowest BCUT2D eigenvalue weighted by Gasteiger charge is -2.18. The van der Waals surface area contributed by atoms with Crippen molar-refractivity contribution in [2.45, 2.75) is 25.8 Å². The number of rotatable bonds is 4. The van der Waals surface area contributed by atoms with E-state index < -0.39 is 0 Å². The third-order valence-electron chi connectivity index (χ3n) is 4.34. The van der Waals surface area contributed by atoms with Crippen LogP contribution in [0.2, 0.25) is 5.02 Å². The van der Waals surface area contributed by atoms with Crippen LogP contribution in [-0.2, 0) is 6.42 Å². The third-order valence-corrected chi connectivity index (χ3v) is 4.76. The molecule has 130 valence electrons. The first-order chi connectivity index (χ1) is 12.2.